The van der Waals surface area contributed by atoms with Gasteiger partial charge in [-0.2, -0.15) is 31.4 Å². The Morgan fingerprint density at radius 3 is 2.10 bits per heavy atom. The second kappa shape index (κ2) is 7.72. The molecule has 29 heavy (non-hydrogen) atoms. The minimum absolute atomic E-state index is 0.140. The van der Waals surface area contributed by atoms with Gasteiger partial charge in [0, 0.05) is 6.04 Å². The average Bonchev–Trinajstić information content (AvgIpc) is 3.06. The summed E-state index contributed by atoms with van der Waals surface area (Å²) >= 11 is 0. The van der Waals surface area contributed by atoms with Crippen molar-refractivity contribution in [2.24, 2.45) is 5.92 Å². The highest BCUT2D eigenvalue weighted by atomic mass is 19.4. The Labute approximate surface area is 162 Å². The van der Waals surface area contributed by atoms with Crippen LogP contribution in [-0.4, -0.2) is 21.7 Å². The summed E-state index contributed by atoms with van der Waals surface area (Å²) in [6.07, 6.45) is -7.96. The lowest BCUT2D eigenvalue weighted by molar-refractivity contribution is -0.144. The van der Waals surface area contributed by atoms with Crippen LogP contribution in [0.15, 0.2) is 30.3 Å². The van der Waals surface area contributed by atoms with Gasteiger partial charge in [-0.1, -0.05) is 25.1 Å². The smallest absolute Gasteiger partial charge is 0.349 e. The zero-order valence-electron chi connectivity index (χ0n) is 15.4. The fourth-order valence-electron chi connectivity index (χ4n) is 3.51. The van der Waals surface area contributed by atoms with Crippen molar-refractivity contribution in [3.63, 3.8) is 0 Å². The third kappa shape index (κ3) is 4.56. The topological polar surface area (TPSA) is 46.9 Å². The quantitative estimate of drug-likeness (QED) is 0.694. The number of benzene rings is 1. The van der Waals surface area contributed by atoms with Gasteiger partial charge in [0.05, 0.1) is 5.69 Å². The van der Waals surface area contributed by atoms with Gasteiger partial charge in [-0.05, 0) is 43.7 Å². The summed E-state index contributed by atoms with van der Waals surface area (Å²) in [5, 5.41) is 5.51. The van der Waals surface area contributed by atoms with Crippen molar-refractivity contribution < 1.29 is 31.1 Å². The van der Waals surface area contributed by atoms with Crippen molar-refractivity contribution in [3.05, 3.63) is 47.3 Å². The predicted octanol–water partition coefficient (Wildman–Crippen LogP) is 5.22. The van der Waals surface area contributed by atoms with Crippen molar-refractivity contribution in [2.75, 3.05) is 0 Å². The van der Waals surface area contributed by atoms with Gasteiger partial charge in [-0.25, -0.2) is 4.68 Å². The highest BCUT2D eigenvalue weighted by Gasteiger charge is 2.49. The lowest BCUT2D eigenvalue weighted by Gasteiger charge is -2.27. The first-order valence-corrected chi connectivity index (χ1v) is 9.12. The molecule has 1 aliphatic rings. The second-order valence-electron chi connectivity index (χ2n) is 7.25. The number of carbonyl (C=O) groups excluding carboxylic acids is 1. The van der Waals surface area contributed by atoms with Crippen molar-refractivity contribution in [1.82, 2.24) is 15.1 Å². The number of carbonyl (C=O) groups is 1. The molecule has 2 aromatic rings. The van der Waals surface area contributed by atoms with Crippen LogP contribution in [0.1, 0.15) is 54.4 Å². The average molecular weight is 419 g/mol. The Hall–Kier alpha value is -2.52. The molecule has 0 atom stereocenters. The Kier molecular flexibility index (Phi) is 5.64. The second-order valence-corrected chi connectivity index (χ2v) is 7.25. The van der Waals surface area contributed by atoms with Gasteiger partial charge in [0.25, 0.3) is 5.91 Å². The summed E-state index contributed by atoms with van der Waals surface area (Å²) in [4.78, 5) is 12.6. The number of aromatic nitrogens is 2. The molecule has 1 fully saturated rings. The maximum Gasteiger partial charge on any atom is 0.436 e. The van der Waals surface area contributed by atoms with Crippen molar-refractivity contribution in [2.45, 2.75) is 51.0 Å². The monoisotopic (exact) mass is 419 g/mol. The first-order chi connectivity index (χ1) is 13.5. The van der Waals surface area contributed by atoms with Crippen molar-refractivity contribution >= 4 is 5.91 Å². The van der Waals surface area contributed by atoms with E-state index in [0.717, 1.165) is 12.8 Å². The molecule has 1 aromatic heterocycles. The largest absolute Gasteiger partial charge is 0.436 e. The van der Waals surface area contributed by atoms with Gasteiger partial charge in [-0.3, -0.25) is 4.79 Å². The van der Waals surface area contributed by atoms with Gasteiger partial charge in [0.15, 0.2) is 11.4 Å². The lowest BCUT2D eigenvalue weighted by Crippen LogP contribution is -2.39. The van der Waals surface area contributed by atoms with E-state index in [1.165, 1.54) is 30.3 Å². The van der Waals surface area contributed by atoms with Gasteiger partial charge >= 0.3 is 12.4 Å². The van der Waals surface area contributed by atoms with E-state index in [4.69, 9.17) is 0 Å². The van der Waals surface area contributed by atoms with Crippen LogP contribution in [-0.2, 0) is 12.4 Å². The standard InChI is InChI=1S/C19H19F6N3O/c1-11-7-9-12(10-8-11)26-17(29)14-15(18(20,21)22)27-28(16(14)19(23,24)25)13-5-3-2-4-6-13/h2-6,11-12H,7-10H2,1H3,(H,26,29). The summed E-state index contributed by atoms with van der Waals surface area (Å²) < 4.78 is 82.0. The number of hydrogen-bond donors (Lipinski definition) is 1. The molecule has 10 heteroatoms. The molecular weight excluding hydrogens is 400 g/mol. The summed E-state index contributed by atoms with van der Waals surface area (Å²) in [5.74, 6) is -1.01. The predicted molar refractivity (Wildman–Crippen MR) is 92.5 cm³/mol. The number of nitrogens with one attached hydrogen (secondary N) is 1. The number of halogens is 6. The molecule has 0 saturated heterocycles. The Balaban J connectivity index is 2.10. The van der Waals surface area contributed by atoms with E-state index in [-0.39, 0.29) is 10.4 Å². The van der Waals surface area contributed by atoms with Crippen LogP contribution < -0.4 is 5.32 Å². The van der Waals surface area contributed by atoms with Crippen LogP contribution in [0.25, 0.3) is 5.69 Å². The number of alkyl halides is 6. The van der Waals surface area contributed by atoms with Crippen LogP contribution in [0.5, 0.6) is 0 Å². The third-order valence-electron chi connectivity index (χ3n) is 5.00. The number of para-hydroxylation sites is 1. The molecule has 0 bridgehead atoms. The maximum absolute atomic E-state index is 13.8. The zero-order valence-corrected chi connectivity index (χ0v) is 15.4. The molecule has 158 valence electrons. The molecule has 3 rings (SSSR count). The van der Waals surface area contributed by atoms with Gasteiger partial charge in [-0.15, -0.1) is 0 Å². The SMILES string of the molecule is CC1CCC(NC(=O)c2c(C(F)(F)F)nn(-c3ccccc3)c2C(F)(F)F)CC1. The Bertz CT molecular complexity index is 865. The molecule has 1 aliphatic carbocycles. The molecule has 1 heterocycles. The molecule has 1 amide bonds. The van der Waals surface area contributed by atoms with Crippen molar-refractivity contribution in [3.8, 4) is 5.69 Å². The van der Waals surface area contributed by atoms with E-state index in [0.29, 0.717) is 18.8 Å². The van der Waals surface area contributed by atoms with Crippen molar-refractivity contribution in [1.29, 1.82) is 0 Å². The highest BCUT2D eigenvalue weighted by molar-refractivity contribution is 5.97. The molecule has 0 aliphatic heterocycles. The zero-order chi connectivity index (χ0) is 21.4. The summed E-state index contributed by atoms with van der Waals surface area (Å²) in [5.41, 5.74) is -5.31. The van der Waals surface area contributed by atoms with E-state index in [1.54, 1.807) is 0 Å². The van der Waals surface area contributed by atoms with E-state index < -0.39 is 41.3 Å². The van der Waals surface area contributed by atoms with E-state index in [2.05, 4.69) is 10.4 Å². The lowest BCUT2D eigenvalue weighted by atomic mass is 9.87. The Morgan fingerprint density at radius 1 is 1.00 bits per heavy atom. The molecule has 1 aromatic carbocycles. The normalized spacial score (nSPS) is 20.5. The van der Waals surface area contributed by atoms with Crippen LogP contribution in [0.3, 0.4) is 0 Å². The van der Waals surface area contributed by atoms with Gasteiger partial charge in [0.2, 0.25) is 0 Å². The molecule has 1 N–H and O–H groups in total. The minimum Gasteiger partial charge on any atom is -0.349 e. The maximum atomic E-state index is 13.8. The van der Waals surface area contributed by atoms with Gasteiger partial charge in [0.1, 0.15) is 5.56 Å². The molecule has 0 radical (unpaired) electrons. The van der Waals surface area contributed by atoms with Crippen LogP contribution in [0, 0.1) is 5.92 Å². The van der Waals surface area contributed by atoms with Crippen LogP contribution in [0.4, 0.5) is 26.3 Å². The first-order valence-electron chi connectivity index (χ1n) is 9.12. The summed E-state index contributed by atoms with van der Waals surface area (Å²) in [6.45, 7) is 2.01. The number of rotatable bonds is 3. The first kappa shape index (κ1) is 21.2. The molecular formula is C19H19F6N3O. The number of hydrogen-bond acceptors (Lipinski definition) is 2. The number of amides is 1. The third-order valence-corrected chi connectivity index (χ3v) is 5.00. The molecule has 4 nitrogen and oxygen atoms in total. The van der Waals surface area contributed by atoms with Gasteiger partial charge < -0.3 is 5.32 Å². The Morgan fingerprint density at radius 2 is 1.59 bits per heavy atom. The summed E-state index contributed by atoms with van der Waals surface area (Å²) in [6, 6.07) is 6.14. The van der Waals surface area contributed by atoms with E-state index in [1.807, 2.05) is 6.92 Å². The summed E-state index contributed by atoms with van der Waals surface area (Å²) in [7, 11) is 0. The fraction of sp³-hybridized carbons (Fsp3) is 0.474. The van der Waals surface area contributed by atoms with Crippen LogP contribution in [0.2, 0.25) is 0 Å². The molecule has 1 saturated carbocycles. The van der Waals surface area contributed by atoms with Crippen LogP contribution >= 0.6 is 0 Å². The molecule has 0 unspecified atom stereocenters. The highest BCUT2D eigenvalue weighted by Crippen LogP contribution is 2.40. The number of nitrogens with zero attached hydrogens (tertiary/aromatic N) is 2. The molecule has 0 spiro atoms. The van der Waals surface area contributed by atoms with E-state index in [9.17, 15) is 31.1 Å². The fourth-order valence-corrected chi connectivity index (χ4v) is 3.51. The van der Waals surface area contributed by atoms with E-state index >= 15 is 0 Å². The minimum atomic E-state index is -5.23.